The van der Waals surface area contributed by atoms with Gasteiger partial charge in [0, 0.05) is 44.9 Å². The molecule has 0 spiro atoms. The van der Waals surface area contributed by atoms with E-state index in [0.717, 1.165) is 71.6 Å². The van der Waals surface area contributed by atoms with E-state index in [9.17, 15) is 4.79 Å². The lowest BCUT2D eigenvalue weighted by molar-refractivity contribution is 0.0100. The topological polar surface area (TPSA) is 65.0 Å². The van der Waals surface area contributed by atoms with Crippen LogP contribution in [-0.2, 0) is 4.74 Å². The molecule has 1 atom stereocenters. The van der Waals surface area contributed by atoms with E-state index >= 15 is 0 Å². The van der Waals surface area contributed by atoms with Crippen molar-refractivity contribution in [3.63, 3.8) is 0 Å². The number of carbonyl (C=O) groups excluding carboxylic acids is 1. The van der Waals surface area contributed by atoms with Crippen molar-refractivity contribution in [2.45, 2.75) is 44.1 Å². The monoisotopic (exact) mass is 325 g/mol. The highest BCUT2D eigenvalue weighted by Gasteiger charge is 2.48. The number of hydrogen-bond acceptors (Lipinski definition) is 4. The van der Waals surface area contributed by atoms with Gasteiger partial charge < -0.3 is 20.1 Å². The molecule has 2 heterocycles. The highest BCUT2D eigenvalue weighted by molar-refractivity contribution is 5.74. The maximum Gasteiger partial charge on any atom is 0.317 e. The fourth-order valence-corrected chi connectivity index (χ4v) is 3.98. The zero-order chi connectivity index (χ0) is 16.1. The lowest BCUT2D eigenvalue weighted by Gasteiger charge is -2.35. The molecule has 3 fully saturated rings. The number of rotatable bonds is 5. The first-order valence-corrected chi connectivity index (χ1v) is 9.20. The third-order valence-electron chi connectivity index (χ3n) is 5.75. The van der Waals surface area contributed by atoms with Crippen molar-refractivity contribution in [3.05, 3.63) is 0 Å². The number of urea groups is 1. The Labute approximate surface area is 139 Å². The Morgan fingerprint density at radius 1 is 1.17 bits per heavy atom. The highest BCUT2D eigenvalue weighted by atomic mass is 16.5. The van der Waals surface area contributed by atoms with E-state index in [4.69, 9.17) is 9.84 Å². The van der Waals surface area contributed by atoms with Crippen molar-refractivity contribution in [2.24, 2.45) is 5.92 Å². The number of nitrogens with zero attached hydrogens (tertiary/aromatic N) is 2. The van der Waals surface area contributed by atoms with Gasteiger partial charge in [0.15, 0.2) is 0 Å². The van der Waals surface area contributed by atoms with Crippen molar-refractivity contribution in [2.75, 3.05) is 52.5 Å². The Bertz CT molecular complexity index is 395. The average Bonchev–Trinajstić information content (AvgIpc) is 3.39. The number of aliphatic hydroxyl groups is 1. The van der Waals surface area contributed by atoms with E-state index in [1.54, 1.807) is 0 Å². The molecule has 132 valence electrons. The lowest BCUT2D eigenvalue weighted by atomic mass is 9.98. The average molecular weight is 325 g/mol. The van der Waals surface area contributed by atoms with Crippen molar-refractivity contribution in [1.82, 2.24) is 15.1 Å². The molecular weight excluding hydrogens is 294 g/mol. The largest absolute Gasteiger partial charge is 0.396 e. The first-order valence-electron chi connectivity index (χ1n) is 9.20. The van der Waals surface area contributed by atoms with Gasteiger partial charge in [-0.3, -0.25) is 4.90 Å². The van der Waals surface area contributed by atoms with Gasteiger partial charge in [0.2, 0.25) is 0 Å². The van der Waals surface area contributed by atoms with Crippen LogP contribution in [0.15, 0.2) is 0 Å². The van der Waals surface area contributed by atoms with Gasteiger partial charge in [-0.25, -0.2) is 4.79 Å². The second-order valence-electron chi connectivity index (χ2n) is 7.28. The minimum atomic E-state index is 0.0918. The number of amides is 2. The molecule has 2 N–H and O–H groups in total. The Morgan fingerprint density at radius 3 is 2.65 bits per heavy atom. The molecule has 6 nitrogen and oxygen atoms in total. The predicted octanol–water partition coefficient (Wildman–Crippen LogP) is 1.05. The van der Waals surface area contributed by atoms with E-state index in [0.29, 0.717) is 5.92 Å². The molecule has 0 bridgehead atoms. The number of ether oxygens (including phenoxy) is 1. The fourth-order valence-electron chi connectivity index (χ4n) is 3.98. The molecular formula is C17H31N3O3. The van der Waals surface area contributed by atoms with Crippen molar-refractivity contribution in [1.29, 1.82) is 0 Å². The van der Waals surface area contributed by atoms with E-state index in [1.165, 1.54) is 12.8 Å². The quantitative estimate of drug-likeness (QED) is 0.793. The van der Waals surface area contributed by atoms with Crippen LogP contribution in [0.4, 0.5) is 4.79 Å². The molecule has 1 unspecified atom stereocenters. The molecule has 2 amide bonds. The van der Waals surface area contributed by atoms with Crippen LogP contribution in [0.5, 0.6) is 0 Å². The highest BCUT2D eigenvalue weighted by Crippen LogP contribution is 2.41. The normalized spacial score (nSPS) is 28.2. The van der Waals surface area contributed by atoms with Gasteiger partial charge in [0.1, 0.15) is 0 Å². The Hall–Kier alpha value is -0.850. The van der Waals surface area contributed by atoms with E-state index in [-0.39, 0.29) is 18.2 Å². The van der Waals surface area contributed by atoms with E-state index < -0.39 is 0 Å². The zero-order valence-corrected chi connectivity index (χ0v) is 14.1. The lowest BCUT2D eigenvalue weighted by Crippen LogP contribution is -2.52. The second kappa shape index (κ2) is 7.81. The summed E-state index contributed by atoms with van der Waals surface area (Å²) in [6.45, 7) is 6.30. The minimum Gasteiger partial charge on any atom is -0.396 e. The molecule has 0 radical (unpaired) electrons. The molecule has 2 saturated heterocycles. The van der Waals surface area contributed by atoms with Crippen molar-refractivity contribution < 1.29 is 14.6 Å². The van der Waals surface area contributed by atoms with Crippen molar-refractivity contribution in [3.8, 4) is 0 Å². The Morgan fingerprint density at radius 2 is 1.96 bits per heavy atom. The first kappa shape index (κ1) is 17.0. The zero-order valence-electron chi connectivity index (χ0n) is 14.1. The molecule has 1 saturated carbocycles. The molecule has 2 aliphatic heterocycles. The molecule has 0 aromatic rings. The van der Waals surface area contributed by atoms with Gasteiger partial charge >= 0.3 is 6.03 Å². The summed E-state index contributed by atoms with van der Waals surface area (Å²) in [5.74, 6) is 0.570. The summed E-state index contributed by atoms with van der Waals surface area (Å²) < 4.78 is 5.43. The Kier molecular flexibility index (Phi) is 5.77. The third kappa shape index (κ3) is 4.37. The molecule has 0 aromatic carbocycles. The van der Waals surface area contributed by atoms with Gasteiger partial charge in [-0.1, -0.05) is 0 Å². The molecule has 3 rings (SSSR count). The second-order valence-corrected chi connectivity index (χ2v) is 7.28. The third-order valence-corrected chi connectivity index (χ3v) is 5.75. The Balaban J connectivity index is 1.44. The molecule has 0 aromatic heterocycles. The maximum atomic E-state index is 12.5. The number of morpholine rings is 1. The van der Waals surface area contributed by atoms with Crippen LogP contribution >= 0.6 is 0 Å². The van der Waals surface area contributed by atoms with Gasteiger partial charge in [-0.15, -0.1) is 0 Å². The summed E-state index contributed by atoms with van der Waals surface area (Å²) in [5.41, 5.74) is 0.199. The number of hydrogen-bond donors (Lipinski definition) is 2. The maximum absolute atomic E-state index is 12.5. The van der Waals surface area contributed by atoms with Crippen LogP contribution in [0.25, 0.3) is 0 Å². The van der Waals surface area contributed by atoms with Gasteiger partial charge in [0.05, 0.1) is 13.2 Å². The van der Waals surface area contributed by atoms with Gasteiger partial charge in [-0.05, 0) is 44.4 Å². The smallest absolute Gasteiger partial charge is 0.317 e. The molecule has 6 heteroatoms. The van der Waals surface area contributed by atoms with E-state index in [1.807, 2.05) is 4.90 Å². The number of nitrogens with one attached hydrogen (secondary N) is 1. The predicted molar refractivity (Wildman–Crippen MR) is 88.4 cm³/mol. The van der Waals surface area contributed by atoms with Crippen LogP contribution in [-0.4, -0.2) is 79.0 Å². The van der Waals surface area contributed by atoms with Gasteiger partial charge in [-0.2, -0.15) is 0 Å². The minimum absolute atomic E-state index is 0.0918. The molecule has 1 aliphatic carbocycles. The van der Waals surface area contributed by atoms with E-state index in [2.05, 4.69) is 10.2 Å². The summed E-state index contributed by atoms with van der Waals surface area (Å²) in [5, 5.41) is 12.3. The molecule has 23 heavy (non-hydrogen) atoms. The summed E-state index contributed by atoms with van der Waals surface area (Å²) in [7, 11) is 0. The summed E-state index contributed by atoms with van der Waals surface area (Å²) in [4.78, 5) is 17.0. The number of aliphatic hydroxyl groups excluding tert-OH is 1. The van der Waals surface area contributed by atoms with Crippen LogP contribution in [0.2, 0.25) is 0 Å². The summed E-state index contributed by atoms with van der Waals surface area (Å²) >= 11 is 0. The summed E-state index contributed by atoms with van der Waals surface area (Å²) in [6.07, 6.45) is 6.44. The van der Waals surface area contributed by atoms with Crippen molar-refractivity contribution >= 4 is 6.03 Å². The molecule has 3 aliphatic rings. The SMILES string of the molecule is O=C(NCC1(N2CCOCC2)CC1)N1CCCC(CCO)CC1. The van der Waals surface area contributed by atoms with Crippen LogP contribution in [0.3, 0.4) is 0 Å². The van der Waals surface area contributed by atoms with Crippen LogP contribution < -0.4 is 5.32 Å². The number of carbonyl (C=O) groups is 1. The van der Waals surface area contributed by atoms with Gasteiger partial charge in [0.25, 0.3) is 0 Å². The van der Waals surface area contributed by atoms with Crippen LogP contribution in [0, 0.1) is 5.92 Å². The summed E-state index contributed by atoms with van der Waals surface area (Å²) in [6, 6.07) is 0.0918. The number of likely N-dealkylation sites (tertiary alicyclic amines) is 1. The standard InChI is InChI=1S/C17H31N3O3/c21-11-4-15-2-1-7-19(8-3-15)16(22)18-14-17(5-6-17)20-9-12-23-13-10-20/h15,21H,1-14H2,(H,18,22). The fraction of sp³-hybridized carbons (Fsp3) is 0.941. The first-order chi connectivity index (χ1) is 11.2. The van der Waals surface area contributed by atoms with Crippen LogP contribution in [0.1, 0.15) is 38.5 Å².